The van der Waals surface area contributed by atoms with E-state index in [-0.39, 0.29) is 0 Å². The fourth-order valence-corrected chi connectivity index (χ4v) is 2.85. The molecule has 1 heteroatoms. The standard InChI is InChI=1S/C15H23S/c1-4-7-11-16-12-15-13(5-2)9-8-10-14(15)6-3/h8-10,12H,4-7,11H2,1-3H3. The van der Waals surface area contributed by atoms with E-state index in [1.54, 1.807) is 0 Å². The molecule has 0 aromatic heterocycles. The summed E-state index contributed by atoms with van der Waals surface area (Å²) in [6.07, 6.45) is 4.87. The molecule has 0 nitrogen and oxygen atoms in total. The number of hydrogen-bond acceptors (Lipinski definition) is 1. The molecule has 0 N–H and O–H groups in total. The molecule has 1 rings (SSSR count). The summed E-state index contributed by atoms with van der Waals surface area (Å²) in [7, 11) is 0. The first-order chi connectivity index (χ1) is 7.83. The molecule has 0 saturated carbocycles. The zero-order valence-corrected chi connectivity index (χ0v) is 11.6. The molecule has 1 aromatic carbocycles. The van der Waals surface area contributed by atoms with E-state index in [1.807, 2.05) is 11.8 Å². The Morgan fingerprint density at radius 1 is 1.06 bits per heavy atom. The Bertz CT molecular complexity index is 282. The van der Waals surface area contributed by atoms with Crippen LogP contribution in [-0.2, 0) is 12.8 Å². The van der Waals surface area contributed by atoms with Gasteiger partial charge in [-0.05, 0) is 41.7 Å². The molecule has 0 amide bonds. The van der Waals surface area contributed by atoms with E-state index in [2.05, 4.69) is 44.7 Å². The smallest absolute Gasteiger partial charge is 0.0462 e. The van der Waals surface area contributed by atoms with Crippen LogP contribution in [0.1, 0.15) is 50.3 Å². The average molecular weight is 235 g/mol. The third-order valence-corrected chi connectivity index (χ3v) is 3.79. The Balaban J connectivity index is 2.67. The predicted octanol–water partition coefficient (Wildman–Crippen LogP) is 4.85. The van der Waals surface area contributed by atoms with Gasteiger partial charge >= 0.3 is 0 Å². The minimum Gasteiger partial charge on any atom is -0.152 e. The van der Waals surface area contributed by atoms with Crippen molar-refractivity contribution in [1.82, 2.24) is 0 Å². The molecule has 0 fully saturated rings. The van der Waals surface area contributed by atoms with Crippen molar-refractivity contribution in [2.75, 3.05) is 5.75 Å². The first-order valence-corrected chi connectivity index (χ1v) is 7.43. The molecule has 0 aliphatic heterocycles. The second-order valence-electron chi connectivity index (χ2n) is 4.04. The first-order valence-electron chi connectivity index (χ1n) is 6.39. The van der Waals surface area contributed by atoms with Gasteiger partial charge in [0.25, 0.3) is 0 Å². The highest BCUT2D eigenvalue weighted by molar-refractivity contribution is 8.01. The summed E-state index contributed by atoms with van der Waals surface area (Å²) in [4.78, 5) is 0. The third-order valence-electron chi connectivity index (χ3n) is 2.87. The van der Waals surface area contributed by atoms with Gasteiger partial charge in [0.05, 0.1) is 0 Å². The van der Waals surface area contributed by atoms with Crippen LogP contribution in [0.25, 0.3) is 0 Å². The van der Waals surface area contributed by atoms with Gasteiger partial charge in [-0.2, -0.15) is 11.8 Å². The minimum absolute atomic E-state index is 1.13. The summed E-state index contributed by atoms with van der Waals surface area (Å²) in [6.45, 7) is 6.73. The van der Waals surface area contributed by atoms with Crippen molar-refractivity contribution >= 4 is 11.8 Å². The van der Waals surface area contributed by atoms with E-state index in [9.17, 15) is 0 Å². The summed E-state index contributed by atoms with van der Waals surface area (Å²) in [5.74, 6) is 3.62. The summed E-state index contributed by atoms with van der Waals surface area (Å²) in [5.41, 5.74) is 4.46. The van der Waals surface area contributed by atoms with Gasteiger partial charge in [0.2, 0.25) is 0 Å². The molecule has 16 heavy (non-hydrogen) atoms. The fourth-order valence-electron chi connectivity index (χ4n) is 1.80. The SMILES string of the molecule is CCCCS[CH]c1c(CC)cccc1CC. The van der Waals surface area contributed by atoms with Crippen LogP contribution in [0.4, 0.5) is 0 Å². The summed E-state index contributed by atoms with van der Waals surface area (Å²) in [6, 6.07) is 6.70. The highest BCUT2D eigenvalue weighted by Gasteiger charge is 2.06. The van der Waals surface area contributed by atoms with Gasteiger partial charge < -0.3 is 0 Å². The normalized spacial score (nSPS) is 10.7. The molecule has 0 heterocycles. The molecule has 0 spiro atoms. The fraction of sp³-hybridized carbons (Fsp3) is 0.533. The van der Waals surface area contributed by atoms with Crippen LogP contribution in [0.2, 0.25) is 0 Å². The van der Waals surface area contributed by atoms with Crippen molar-refractivity contribution in [2.24, 2.45) is 0 Å². The predicted molar refractivity (Wildman–Crippen MR) is 76.0 cm³/mol. The molecule has 0 aliphatic carbocycles. The monoisotopic (exact) mass is 235 g/mol. The van der Waals surface area contributed by atoms with Crippen molar-refractivity contribution in [1.29, 1.82) is 0 Å². The van der Waals surface area contributed by atoms with Crippen molar-refractivity contribution in [3.05, 3.63) is 40.6 Å². The summed E-state index contributed by atoms with van der Waals surface area (Å²) >= 11 is 1.96. The van der Waals surface area contributed by atoms with Gasteiger partial charge in [-0.25, -0.2) is 0 Å². The molecular weight excluding hydrogens is 212 g/mol. The lowest BCUT2D eigenvalue weighted by atomic mass is 9.99. The van der Waals surface area contributed by atoms with Gasteiger partial charge in [-0.1, -0.05) is 45.4 Å². The maximum Gasteiger partial charge on any atom is 0.0462 e. The van der Waals surface area contributed by atoms with E-state index >= 15 is 0 Å². The number of rotatable bonds is 7. The van der Waals surface area contributed by atoms with E-state index in [1.165, 1.54) is 35.3 Å². The second-order valence-corrected chi connectivity index (χ2v) is 5.02. The Hall–Kier alpha value is -0.430. The minimum atomic E-state index is 1.13. The number of thioether (sulfide) groups is 1. The molecule has 0 saturated heterocycles. The molecule has 89 valence electrons. The first kappa shape index (κ1) is 13.6. The largest absolute Gasteiger partial charge is 0.152 e. The molecule has 0 unspecified atom stereocenters. The van der Waals surface area contributed by atoms with E-state index in [0.29, 0.717) is 0 Å². The van der Waals surface area contributed by atoms with Crippen LogP contribution in [0.5, 0.6) is 0 Å². The number of benzene rings is 1. The Morgan fingerprint density at radius 3 is 2.19 bits per heavy atom. The van der Waals surface area contributed by atoms with Crippen LogP contribution in [0.3, 0.4) is 0 Å². The molecule has 1 radical (unpaired) electrons. The number of aryl methyl sites for hydroxylation is 2. The molecule has 0 aliphatic rings. The van der Waals surface area contributed by atoms with E-state index in [4.69, 9.17) is 0 Å². The Labute approximate surface area is 105 Å². The van der Waals surface area contributed by atoms with Gasteiger partial charge in [0, 0.05) is 5.75 Å². The zero-order chi connectivity index (χ0) is 11.8. The average Bonchev–Trinajstić information content (AvgIpc) is 2.34. The highest BCUT2D eigenvalue weighted by atomic mass is 32.2. The molecule has 0 atom stereocenters. The molecule has 0 bridgehead atoms. The van der Waals surface area contributed by atoms with Crippen molar-refractivity contribution < 1.29 is 0 Å². The van der Waals surface area contributed by atoms with Crippen LogP contribution >= 0.6 is 11.8 Å². The summed E-state index contributed by atoms with van der Waals surface area (Å²) in [5, 5.41) is 0. The van der Waals surface area contributed by atoms with Crippen molar-refractivity contribution in [2.45, 2.75) is 46.5 Å². The Kier molecular flexibility index (Phi) is 6.63. The number of unbranched alkanes of at least 4 members (excludes halogenated alkanes) is 1. The van der Waals surface area contributed by atoms with Crippen molar-refractivity contribution in [3.63, 3.8) is 0 Å². The van der Waals surface area contributed by atoms with Gasteiger partial charge in [0.15, 0.2) is 0 Å². The maximum absolute atomic E-state index is 2.37. The summed E-state index contributed by atoms with van der Waals surface area (Å²) < 4.78 is 0. The molecule has 1 aromatic rings. The van der Waals surface area contributed by atoms with Gasteiger partial charge in [0.1, 0.15) is 0 Å². The maximum atomic E-state index is 2.37. The van der Waals surface area contributed by atoms with E-state index in [0.717, 1.165) is 12.8 Å². The Morgan fingerprint density at radius 2 is 1.69 bits per heavy atom. The molecular formula is C15H23S. The third kappa shape index (κ3) is 3.86. The lowest BCUT2D eigenvalue weighted by Crippen LogP contribution is -1.96. The van der Waals surface area contributed by atoms with E-state index < -0.39 is 0 Å². The highest BCUT2D eigenvalue weighted by Crippen LogP contribution is 2.24. The number of hydrogen-bond donors (Lipinski definition) is 0. The van der Waals surface area contributed by atoms with Gasteiger partial charge in [-0.15, -0.1) is 0 Å². The van der Waals surface area contributed by atoms with Crippen LogP contribution in [-0.4, -0.2) is 5.75 Å². The van der Waals surface area contributed by atoms with Crippen LogP contribution < -0.4 is 0 Å². The van der Waals surface area contributed by atoms with Crippen LogP contribution in [0, 0.1) is 5.75 Å². The van der Waals surface area contributed by atoms with Crippen molar-refractivity contribution in [3.8, 4) is 0 Å². The van der Waals surface area contributed by atoms with Crippen LogP contribution in [0.15, 0.2) is 18.2 Å². The zero-order valence-electron chi connectivity index (χ0n) is 10.8. The lowest BCUT2D eigenvalue weighted by Gasteiger charge is -2.12. The lowest BCUT2D eigenvalue weighted by molar-refractivity contribution is 0.897. The topological polar surface area (TPSA) is 0 Å². The second kappa shape index (κ2) is 7.78. The van der Waals surface area contributed by atoms with Gasteiger partial charge in [-0.3, -0.25) is 0 Å². The quantitative estimate of drug-likeness (QED) is 0.608.